The Morgan fingerprint density at radius 2 is 2.29 bits per heavy atom. The van der Waals surface area contributed by atoms with Gasteiger partial charge in [-0.2, -0.15) is 0 Å². The van der Waals surface area contributed by atoms with Crippen LogP contribution in [0.25, 0.3) is 0 Å². The third kappa shape index (κ3) is 1.97. The van der Waals surface area contributed by atoms with Crippen LogP contribution in [-0.2, 0) is 0 Å². The molecule has 6 N–H and O–H groups in total. The Morgan fingerprint density at radius 1 is 1.64 bits per heavy atom. The summed E-state index contributed by atoms with van der Waals surface area (Å²) in [5, 5.41) is 2.82. The zero-order valence-corrected chi connectivity index (χ0v) is 9.09. The Hall–Kier alpha value is -1.26. The first-order valence-corrected chi connectivity index (χ1v) is 5.47. The summed E-state index contributed by atoms with van der Waals surface area (Å²) in [5.74, 6) is 6.69. The Bertz CT molecular complexity index is 377. The highest BCUT2D eigenvalue weighted by molar-refractivity contribution is 7.38. The second kappa shape index (κ2) is 4.30. The van der Waals surface area contributed by atoms with Gasteiger partial charge in [0, 0.05) is 13.1 Å². The predicted octanol–water partition coefficient (Wildman–Crippen LogP) is -0.0978. The molecule has 78 valence electrons. The van der Waals surface area contributed by atoms with Crippen LogP contribution in [0.3, 0.4) is 0 Å². The first kappa shape index (κ1) is 10.8. The summed E-state index contributed by atoms with van der Waals surface area (Å²) < 4.78 is 1.41. The minimum Gasteiger partial charge on any atom is -0.393 e. The van der Waals surface area contributed by atoms with Gasteiger partial charge in [0.1, 0.15) is 11.5 Å². The lowest BCUT2D eigenvalue weighted by Crippen LogP contribution is -2.26. The average Bonchev–Trinajstić information content (AvgIpc) is 2.20. The van der Waals surface area contributed by atoms with Gasteiger partial charge >= 0.3 is 0 Å². The van der Waals surface area contributed by atoms with Crippen molar-refractivity contribution in [2.45, 2.75) is 0 Å². The van der Waals surface area contributed by atoms with Crippen molar-refractivity contribution in [2.24, 2.45) is 5.84 Å². The van der Waals surface area contributed by atoms with E-state index in [2.05, 4.69) is 10.3 Å². The number of nitrogen functional groups attached to an aromatic ring is 1. The molecule has 0 aliphatic carbocycles. The second-order valence-corrected chi connectivity index (χ2v) is 3.58. The Labute approximate surface area is 83.5 Å². The Morgan fingerprint density at radius 3 is 2.79 bits per heavy atom. The molecule has 14 heavy (non-hydrogen) atoms. The van der Waals surface area contributed by atoms with Crippen LogP contribution < -0.4 is 27.1 Å². The minimum absolute atomic E-state index is 0.140. The van der Waals surface area contributed by atoms with Crippen molar-refractivity contribution in [3.05, 3.63) is 16.3 Å². The van der Waals surface area contributed by atoms with E-state index in [4.69, 9.17) is 11.6 Å². The monoisotopic (exact) mass is 215 g/mol. The zero-order chi connectivity index (χ0) is 10.7. The van der Waals surface area contributed by atoms with Crippen molar-refractivity contribution in [1.82, 2.24) is 4.98 Å². The van der Waals surface area contributed by atoms with Gasteiger partial charge < -0.3 is 16.0 Å². The number of pyridine rings is 1. The molecule has 0 bridgehead atoms. The van der Waals surface area contributed by atoms with Gasteiger partial charge in [0.15, 0.2) is 5.82 Å². The van der Waals surface area contributed by atoms with Crippen LogP contribution in [-0.4, -0.2) is 18.7 Å². The molecule has 1 aromatic heterocycles. The molecule has 1 rings (SSSR count). The molecule has 7 heteroatoms. The summed E-state index contributed by atoms with van der Waals surface area (Å²) in [4.78, 5) is 14.3. The van der Waals surface area contributed by atoms with Crippen LogP contribution in [0.15, 0.2) is 10.9 Å². The molecule has 0 saturated heterocycles. The lowest BCUT2D eigenvalue weighted by Gasteiger charge is -2.18. The Balaban J connectivity index is 3.27. The molecule has 0 radical (unpaired) electrons. The molecule has 0 fully saturated rings. The van der Waals surface area contributed by atoms with E-state index in [1.165, 1.54) is 10.8 Å². The van der Waals surface area contributed by atoms with Gasteiger partial charge in [-0.3, -0.25) is 9.57 Å². The summed E-state index contributed by atoms with van der Waals surface area (Å²) >= 11 is 0. The van der Waals surface area contributed by atoms with Gasteiger partial charge in [0.2, 0.25) is 5.43 Å². The fraction of sp³-hybridized carbons (Fsp3) is 0.286. The van der Waals surface area contributed by atoms with Gasteiger partial charge in [0.25, 0.3) is 0 Å². The van der Waals surface area contributed by atoms with Crippen LogP contribution in [0.2, 0.25) is 0 Å². The molecule has 6 nitrogen and oxygen atoms in total. The maximum absolute atomic E-state index is 11.4. The standard InChI is InChI=1S/C7H14N5OP/c1-10-5-3-4(13)6(8)7(11-5)12(9)14-2/h3,14H,8-9H2,1-2H3,(H2,10,11,13). The number of aromatic nitrogens is 1. The molecule has 1 atom stereocenters. The van der Waals surface area contributed by atoms with Crippen LogP contribution >= 0.6 is 8.73 Å². The normalized spacial score (nSPS) is 10.8. The number of hydrogen-bond donors (Lipinski definition) is 4. The van der Waals surface area contributed by atoms with E-state index in [0.717, 1.165) is 0 Å². The number of hydrazine groups is 1. The summed E-state index contributed by atoms with van der Waals surface area (Å²) in [7, 11) is 2.04. The van der Waals surface area contributed by atoms with Crippen molar-refractivity contribution >= 4 is 26.1 Å². The highest BCUT2D eigenvalue weighted by Crippen LogP contribution is 2.23. The lowest BCUT2D eigenvalue weighted by atomic mass is 10.3. The smallest absolute Gasteiger partial charge is 0.208 e. The largest absolute Gasteiger partial charge is 0.393 e. The molecule has 0 saturated carbocycles. The molecule has 0 aliphatic rings. The molecule has 1 unspecified atom stereocenters. The van der Waals surface area contributed by atoms with E-state index in [1.807, 2.05) is 6.66 Å². The van der Waals surface area contributed by atoms with Crippen LogP contribution in [0.4, 0.5) is 17.3 Å². The van der Waals surface area contributed by atoms with Crippen molar-refractivity contribution in [3.8, 4) is 0 Å². The summed E-state index contributed by atoms with van der Waals surface area (Å²) in [6.45, 7) is 1.89. The summed E-state index contributed by atoms with van der Waals surface area (Å²) in [5.41, 5.74) is 5.49. The predicted molar refractivity (Wildman–Crippen MR) is 61.9 cm³/mol. The van der Waals surface area contributed by atoms with Gasteiger partial charge in [-0.25, -0.2) is 5.84 Å². The highest BCUT2D eigenvalue weighted by Gasteiger charge is 2.09. The van der Waals surface area contributed by atoms with E-state index in [0.29, 0.717) is 20.4 Å². The van der Waals surface area contributed by atoms with Crippen LogP contribution in [0, 0.1) is 0 Å². The molecule has 1 heterocycles. The number of H-pyrrole nitrogens is 1. The molecule has 0 aliphatic heterocycles. The SMILES string of the molecule is CNc1cc(=O)c(N)c(N(N)PC)[nH]1. The van der Waals surface area contributed by atoms with Crippen molar-refractivity contribution in [1.29, 1.82) is 0 Å². The first-order valence-electron chi connectivity index (χ1n) is 4.03. The van der Waals surface area contributed by atoms with E-state index >= 15 is 0 Å². The van der Waals surface area contributed by atoms with Crippen LogP contribution in [0.1, 0.15) is 0 Å². The first-order chi connectivity index (χ1) is 6.60. The maximum atomic E-state index is 11.4. The number of nitrogens with zero attached hydrogens (tertiary/aromatic N) is 1. The van der Waals surface area contributed by atoms with Crippen molar-refractivity contribution in [3.63, 3.8) is 0 Å². The van der Waals surface area contributed by atoms with E-state index in [9.17, 15) is 4.79 Å². The quantitative estimate of drug-likeness (QED) is 0.320. The van der Waals surface area contributed by atoms with Gasteiger partial charge in [0.05, 0.1) is 0 Å². The number of aromatic amines is 1. The van der Waals surface area contributed by atoms with E-state index in [-0.39, 0.29) is 11.1 Å². The maximum Gasteiger partial charge on any atom is 0.208 e. The molecule has 0 spiro atoms. The number of rotatable bonds is 3. The fourth-order valence-electron chi connectivity index (χ4n) is 0.993. The lowest BCUT2D eigenvalue weighted by molar-refractivity contribution is 1.12. The summed E-state index contributed by atoms with van der Waals surface area (Å²) in [6, 6.07) is 1.39. The van der Waals surface area contributed by atoms with Crippen molar-refractivity contribution < 1.29 is 0 Å². The van der Waals surface area contributed by atoms with Crippen molar-refractivity contribution in [2.75, 3.05) is 29.5 Å². The minimum atomic E-state index is -0.239. The average molecular weight is 215 g/mol. The number of nitrogens with one attached hydrogen (secondary N) is 2. The summed E-state index contributed by atoms with van der Waals surface area (Å²) in [6.07, 6.45) is 0. The van der Waals surface area contributed by atoms with Gasteiger partial charge in [-0.15, -0.1) is 0 Å². The van der Waals surface area contributed by atoms with E-state index in [1.54, 1.807) is 7.05 Å². The number of anilines is 3. The topological polar surface area (TPSA) is 100 Å². The molecule has 0 aromatic carbocycles. The fourth-order valence-corrected chi connectivity index (χ4v) is 1.39. The van der Waals surface area contributed by atoms with Gasteiger partial charge in [-0.1, -0.05) is 0 Å². The number of nitrogens with two attached hydrogens (primary N) is 2. The second-order valence-electron chi connectivity index (χ2n) is 2.65. The third-order valence-corrected chi connectivity index (χ3v) is 2.51. The Kier molecular flexibility index (Phi) is 3.33. The molecule has 1 aromatic rings. The molecular formula is C7H14N5OP. The molecule has 0 amide bonds. The van der Waals surface area contributed by atoms with Gasteiger partial charge in [-0.05, 0) is 15.4 Å². The zero-order valence-electron chi connectivity index (χ0n) is 8.09. The van der Waals surface area contributed by atoms with Crippen LogP contribution in [0.5, 0.6) is 0 Å². The van der Waals surface area contributed by atoms with E-state index < -0.39 is 0 Å². The third-order valence-electron chi connectivity index (χ3n) is 1.80. The highest BCUT2D eigenvalue weighted by atomic mass is 31.1. The molecular weight excluding hydrogens is 201 g/mol. The number of hydrogen-bond acceptors (Lipinski definition) is 5.